The first-order valence-corrected chi connectivity index (χ1v) is 8.14. The highest BCUT2D eigenvalue weighted by Gasteiger charge is 2.43. The number of rotatable bonds is 1. The van der Waals surface area contributed by atoms with Gasteiger partial charge in [-0.05, 0) is 52.4 Å². The number of carbonyl (C=O) groups excluding carboxylic acids is 2. The summed E-state index contributed by atoms with van der Waals surface area (Å²) in [6, 6.07) is -0.434. The van der Waals surface area contributed by atoms with Crippen molar-refractivity contribution in [2.75, 3.05) is 26.2 Å². The molecule has 2 aliphatic heterocycles. The minimum atomic E-state index is -0.458. The van der Waals surface area contributed by atoms with Gasteiger partial charge in [-0.3, -0.25) is 4.79 Å². The molecule has 2 rings (SSSR count). The van der Waals surface area contributed by atoms with Crippen LogP contribution in [-0.2, 0) is 9.53 Å². The molecule has 0 unspecified atom stereocenters. The first-order valence-electron chi connectivity index (χ1n) is 8.14. The molecule has 0 radical (unpaired) electrons. The van der Waals surface area contributed by atoms with Gasteiger partial charge in [-0.25, -0.2) is 4.79 Å². The highest BCUT2D eigenvalue weighted by molar-refractivity contribution is 5.81. The molecule has 126 valence electrons. The molecule has 22 heavy (non-hydrogen) atoms. The number of nitrogens with two attached hydrogens (primary N) is 1. The van der Waals surface area contributed by atoms with Gasteiger partial charge >= 0.3 is 6.09 Å². The van der Waals surface area contributed by atoms with E-state index in [2.05, 4.69) is 0 Å². The van der Waals surface area contributed by atoms with Gasteiger partial charge in [-0.1, -0.05) is 0 Å². The van der Waals surface area contributed by atoms with E-state index in [1.165, 1.54) is 0 Å². The van der Waals surface area contributed by atoms with Crippen molar-refractivity contribution in [2.45, 2.75) is 58.6 Å². The van der Waals surface area contributed by atoms with E-state index >= 15 is 0 Å². The van der Waals surface area contributed by atoms with E-state index in [9.17, 15) is 9.59 Å². The normalized spacial score (nSPS) is 22.8. The Morgan fingerprint density at radius 3 is 2.05 bits per heavy atom. The zero-order valence-electron chi connectivity index (χ0n) is 14.2. The molecule has 2 amide bonds. The average molecular weight is 311 g/mol. The number of carbonyl (C=O) groups is 2. The minimum Gasteiger partial charge on any atom is -0.444 e. The van der Waals surface area contributed by atoms with Crippen LogP contribution in [0.4, 0.5) is 4.79 Å². The fourth-order valence-electron chi connectivity index (χ4n) is 3.31. The number of ether oxygens (including phenoxy) is 1. The number of likely N-dealkylation sites (tertiary alicyclic amines) is 2. The van der Waals surface area contributed by atoms with Crippen molar-refractivity contribution in [1.29, 1.82) is 0 Å². The second kappa shape index (κ2) is 6.07. The summed E-state index contributed by atoms with van der Waals surface area (Å²) in [5.41, 5.74) is 5.36. The molecule has 0 bridgehead atoms. The van der Waals surface area contributed by atoms with Gasteiger partial charge < -0.3 is 20.3 Å². The van der Waals surface area contributed by atoms with Gasteiger partial charge in [-0.2, -0.15) is 0 Å². The number of hydrogen-bond donors (Lipinski definition) is 1. The van der Waals surface area contributed by atoms with Crippen molar-refractivity contribution in [3.63, 3.8) is 0 Å². The Kier molecular flexibility index (Phi) is 4.70. The molecule has 2 heterocycles. The van der Waals surface area contributed by atoms with Crippen LogP contribution in [0.15, 0.2) is 0 Å². The molecule has 0 aliphatic carbocycles. The van der Waals surface area contributed by atoms with Gasteiger partial charge in [0.15, 0.2) is 0 Å². The monoisotopic (exact) mass is 311 g/mol. The molecule has 1 atom stereocenters. The second-order valence-corrected chi connectivity index (χ2v) is 7.77. The molecule has 2 N–H and O–H groups in total. The van der Waals surface area contributed by atoms with E-state index in [1.54, 1.807) is 6.92 Å². The zero-order valence-corrected chi connectivity index (χ0v) is 14.2. The van der Waals surface area contributed by atoms with Crippen molar-refractivity contribution in [3.8, 4) is 0 Å². The smallest absolute Gasteiger partial charge is 0.410 e. The maximum atomic E-state index is 12.2. The Morgan fingerprint density at radius 1 is 1.09 bits per heavy atom. The lowest BCUT2D eigenvalue weighted by Crippen LogP contribution is -2.49. The first kappa shape index (κ1) is 17.1. The van der Waals surface area contributed by atoms with Gasteiger partial charge in [0.2, 0.25) is 5.91 Å². The van der Waals surface area contributed by atoms with E-state index in [-0.39, 0.29) is 17.4 Å². The molecule has 2 aliphatic rings. The summed E-state index contributed by atoms with van der Waals surface area (Å²) >= 11 is 0. The van der Waals surface area contributed by atoms with Crippen molar-refractivity contribution in [1.82, 2.24) is 9.80 Å². The number of piperidine rings is 1. The van der Waals surface area contributed by atoms with Crippen LogP contribution in [0.3, 0.4) is 0 Å². The Balaban J connectivity index is 1.88. The summed E-state index contributed by atoms with van der Waals surface area (Å²) in [5, 5.41) is 0. The van der Waals surface area contributed by atoms with Gasteiger partial charge in [0.1, 0.15) is 5.60 Å². The third-order valence-corrected chi connectivity index (χ3v) is 4.62. The fraction of sp³-hybridized carbons (Fsp3) is 0.875. The summed E-state index contributed by atoms with van der Waals surface area (Å²) in [7, 11) is 0. The predicted octanol–water partition coefficient (Wildman–Crippen LogP) is 1.58. The fourth-order valence-corrected chi connectivity index (χ4v) is 3.31. The molecule has 0 aromatic carbocycles. The lowest BCUT2D eigenvalue weighted by atomic mass is 9.77. The molecule has 6 heteroatoms. The first-order chi connectivity index (χ1) is 10.1. The van der Waals surface area contributed by atoms with E-state index in [4.69, 9.17) is 10.5 Å². The topological polar surface area (TPSA) is 75.9 Å². The van der Waals surface area contributed by atoms with Gasteiger partial charge in [0, 0.05) is 26.2 Å². The quantitative estimate of drug-likeness (QED) is 0.798. The third kappa shape index (κ3) is 3.91. The molecule has 0 aromatic heterocycles. The number of nitrogens with zero attached hydrogens (tertiary/aromatic N) is 2. The number of amides is 2. The molecule has 0 saturated carbocycles. The van der Waals surface area contributed by atoms with Crippen LogP contribution in [-0.4, -0.2) is 59.6 Å². The molecule has 2 fully saturated rings. The molecule has 1 spiro atoms. The highest BCUT2D eigenvalue weighted by atomic mass is 16.6. The highest BCUT2D eigenvalue weighted by Crippen LogP contribution is 2.40. The van der Waals surface area contributed by atoms with Crippen LogP contribution in [0.25, 0.3) is 0 Å². The minimum absolute atomic E-state index is 0.0249. The second-order valence-electron chi connectivity index (χ2n) is 7.77. The summed E-state index contributed by atoms with van der Waals surface area (Å²) < 4.78 is 5.45. The Hall–Kier alpha value is -1.30. The standard InChI is InChI=1S/C16H29N3O3/c1-12(17)13(20)18-8-5-16(6-9-18)7-10-19(11-16)14(21)22-15(2,3)4/h12H,5-11,17H2,1-4H3/t12-/m0/s1. The van der Waals surface area contributed by atoms with E-state index in [0.717, 1.165) is 45.4 Å². The van der Waals surface area contributed by atoms with Crippen molar-refractivity contribution in [3.05, 3.63) is 0 Å². The largest absolute Gasteiger partial charge is 0.444 e. The third-order valence-electron chi connectivity index (χ3n) is 4.62. The Morgan fingerprint density at radius 2 is 1.59 bits per heavy atom. The summed E-state index contributed by atoms with van der Waals surface area (Å²) in [6.07, 6.45) is 2.64. The lowest BCUT2D eigenvalue weighted by molar-refractivity contribution is -0.134. The predicted molar refractivity (Wildman–Crippen MR) is 84.3 cm³/mol. The maximum Gasteiger partial charge on any atom is 0.410 e. The van der Waals surface area contributed by atoms with Gasteiger partial charge in [-0.15, -0.1) is 0 Å². The maximum absolute atomic E-state index is 12.2. The van der Waals surface area contributed by atoms with Gasteiger partial charge in [0.25, 0.3) is 0 Å². The van der Waals surface area contributed by atoms with Crippen LogP contribution in [0.2, 0.25) is 0 Å². The van der Waals surface area contributed by atoms with Gasteiger partial charge in [0.05, 0.1) is 6.04 Å². The van der Waals surface area contributed by atoms with Crippen LogP contribution in [0.5, 0.6) is 0 Å². The summed E-state index contributed by atoms with van der Waals surface area (Å²) in [4.78, 5) is 27.8. The molecular formula is C16H29N3O3. The average Bonchev–Trinajstić information content (AvgIpc) is 2.81. The van der Waals surface area contributed by atoms with E-state index < -0.39 is 11.6 Å². The lowest BCUT2D eigenvalue weighted by Gasteiger charge is -2.39. The van der Waals surface area contributed by atoms with Crippen LogP contribution in [0.1, 0.15) is 47.0 Å². The molecule has 6 nitrogen and oxygen atoms in total. The van der Waals surface area contributed by atoms with E-state index in [0.29, 0.717) is 0 Å². The van der Waals surface area contributed by atoms with Crippen LogP contribution < -0.4 is 5.73 Å². The van der Waals surface area contributed by atoms with E-state index in [1.807, 2.05) is 30.6 Å². The summed E-state index contributed by atoms with van der Waals surface area (Å²) in [5.74, 6) is 0.0249. The molecular weight excluding hydrogens is 282 g/mol. The SMILES string of the molecule is C[C@H](N)C(=O)N1CCC2(CCN(C(=O)OC(C)(C)C)C2)CC1. The number of hydrogen-bond acceptors (Lipinski definition) is 4. The molecule has 2 saturated heterocycles. The van der Waals surface area contributed by atoms with Crippen LogP contribution in [0, 0.1) is 5.41 Å². The summed E-state index contributed by atoms with van der Waals surface area (Å²) in [6.45, 7) is 10.3. The van der Waals surface area contributed by atoms with Crippen molar-refractivity contribution >= 4 is 12.0 Å². The zero-order chi connectivity index (χ0) is 16.5. The van der Waals surface area contributed by atoms with Crippen molar-refractivity contribution < 1.29 is 14.3 Å². The molecule has 0 aromatic rings. The van der Waals surface area contributed by atoms with Crippen molar-refractivity contribution in [2.24, 2.45) is 11.1 Å². The Labute approximate surface area is 132 Å². The Bertz CT molecular complexity index is 434. The van der Waals surface area contributed by atoms with Crippen LogP contribution >= 0.6 is 0 Å².